The molecule has 2 aromatic rings. The van der Waals surface area contributed by atoms with Crippen LogP contribution in [0.15, 0.2) is 53.2 Å². The minimum atomic E-state index is -0.963. The second-order valence-electron chi connectivity index (χ2n) is 10.2. The summed E-state index contributed by atoms with van der Waals surface area (Å²) in [5, 5.41) is 34.0. The van der Waals surface area contributed by atoms with Crippen molar-refractivity contribution in [3.63, 3.8) is 0 Å². The fourth-order valence-corrected chi connectivity index (χ4v) is 4.69. The highest BCUT2D eigenvalue weighted by Gasteiger charge is 2.44. The fourth-order valence-electron chi connectivity index (χ4n) is 4.69. The summed E-state index contributed by atoms with van der Waals surface area (Å²) < 4.78 is 0. The van der Waals surface area contributed by atoms with Gasteiger partial charge in [-0.2, -0.15) is 0 Å². The SMILES string of the molecule is CC(C)=CCc1c(C)cc(O)c2c(O)c3c(cc12)C(CC=C(C)C)(CC=C(C)C)C(=O)C=C3O. The molecule has 1 aliphatic carbocycles. The number of aryl methyl sites for hydroxylation is 1. The zero-order chi connectivity index (χ0) is 25.4. The zero-order valence-electron chi connectivity index (χ0n) is 21.3. The summed E-state index contributed by atoms with van der Waals surface area (Å²) in [5.41, 5.74) is 5.09. The summed E-state index contributed by atoms with van der Waals surface area (Å²) in [6.07, 6.45) is 8.93. The van der Waals surface area contributed by atoms with Crippen molar-refractivity contribution in [1.82, 2.24) is 0 Å². The molecule has 3 rings (SSSR count). The molecule has 0 aromatic heterocycles. The summed E-state index contributed by atoms with van der Waals surface area (Å²) in [5.74, 6) is -0.689. The average Bonchev–Trinajstić information content (AvgIpc) is 2.71. The Bertz CT molecular complexity index is 1250. The number of fused-ring (bicyclic) bond motifs is 2. The third-order valence-corrected chi connectivity index (χ3v) is 6.65. The normalized spacial score (nSPS) is 14.3. The van der Waals surface area contributed by atoms with Gasteiger partial charge in [0.05, 0.1) is 16.4 Å². The van der Waals surface area contributed by atoms with Gasteiger partial charge in [-0.3, -0.25) is 4.79 Å². The highest BCUT2D eigenvalue weighted by atomic mass is 16.3. The number of allylic oxidation sites excluding steroid dienone is 7. The number of aromatic hydroxyl groups is 2. The summed E-state index contributed by atoms with van der Waals surface area (Å²) in [7, 11) is 0. The predicted molar refractivity (Wildman–Crippen MR) is 141 cm³/mol. The van der Waals surface area contributed by atoms with E-state index in [-0.39, 0.29) is 28.6 Å². The van der Waals surface area contributed by atoms with Crippen molar-refractivity contribution in [2.75, 3.05) is 0 Å². The number of phenolic OH excluding ortho intramolecular Hbond substituents is 2. The number of aliphatic hydroxyl groups excluding tert-OH is 1. The molecule has 4 heteroatoms. The van der Waals surface area contributed by atoms with Crippen LogP contribution in [0.1, 0.15) is 76.6 Å². The molecule has 0 saturated carbocycles. The number of hydrogen-bond donors (Lipinski definition) is 3. The molecule has 0 aliphatic heterocycles. The first-order valence-electron chi connectivity index (χ1n) is 11.8. The molecule has 0 radical (unpaired) electrons. The molecule has 0 bridgehead atoms. The molecule has 0 saturated heterocycles. The van der Waals surface area contributed by atoms with Crippen LogP contribution in [0.5, 0.6) is 11.5 Å². The van der Waals surface area contributed by atoms with Crippen molar-refractivity contribution in [2.24, 2.45) is 0 Å². The van der Waals surface area contributed by atoms with Gasteiger partial charge in [0, 0.05) is 6.08 Å². The third-order valence-electron chi connectivity index (χ3n) is 6.65. The molecule has 0 amide bonds. The Morgan fingerprint density at radius 2 is 1.44 bits per heavy atom. The Hall–Kier alpha value is -3.27. The number of rotatable bonds is 6. The Morgan fingerprint density at radius 1 is 0.882 bits per heavy atom. The van der Waals surface area contributed by atoms with E-state index in [2.05, 4.69) is 6.08 Å². The lowest BCUT2D eigenvalue weighted by Gasteiger charge is -2.36. The molecule has 0 fully saturated rings. The van der Waals surface area contributed by atoms with Crippen molar-refractivity contribution in [3.05, 3.63) is 75.4 Å². The maximum Gasteiger partial charge on any atom is 0.170 e. The second-order valence-corrected chi connectivity index (χ2v) is 10.2. The number of aliphatic hydroxyl groups is 1. The molecule has 34 heavy (non-hydrogen) atoms. The minimum absolute atomic E-state index is 0.0438. The Labute approximate surface area is 202 Å². The van der Waals surface area contributed by atoms with Crippen molar-refractivity contribution in [2.45, 2.75) is 73.1 Å². The first kappa shape index (κ1) is 25.4. The van der Waals surface area contributed by atoms with E-state index < -0.39 is 5.41 Å². The number of benzene rings is 2. The van der Waals surface area contributed by atoms with Crippen LogP contribution in [-0.4, -0.2) is 21.1 Å². The standard InChI is InChI=1S/C30H36O4/c1-17(2)8-9-21-20(7)14-24(31)27-22(21)15-23-28(29(27)34)25(32)16-26(33)30(23,12-10-18(3)4)13-11-19(5)6/h8,10-11,14-16,31-32,34H,9,12-13H2,1-7H3. The highest BCUT2D eigenvalue weighted by Crippen LogP contribution is 2.50. The van der Waals surface area contributed by atoms with E-state index >= 15 is 0 Å². The van der Waals surface area contributed by atoms with Crippen LogP contribution in [0.2, 0.25) is 0 Å². The van der Waals surface area contributed by atoms with Crippen molar-refractivity contribution < 1.29 is 20.1 Å². The number of carbonyl (C=O) groups excluding carboxylic acids is 1. The van der Waals surface area contributed by atoms with Gasteiger partial charge in [0.25, 0.3) is 0 Å². The quantitative estimate of drug-likeness (QED) is 0.390. The Morgan fingerprint density at radius 3 is 1.97 bits per heavy atom. The minimum Gasteiger partial charge on any atom is -0.507 e. The van der Waals surface area contributed by atoms with Crippen LogP contribution in [0.3, 0.4) is 0 Å². The van der Waals surface area contributed by atoms with E-state index in [0.717, 1.165) is 22.3 Å². The van der Waals surface area contributed by atoms with Gasteiger partial charge in [-0.05, 0) is 102 Å². The molecule has 2 aromatic carbocycles. The number of hydrogen-bond acceptors (Lipinski definition) is 4. The summed E-state index contributed by atoms with van der Waals surface area (Å²) >= 11 is 0. The third kappa shape index (κ3) is 4.54. The lowest BCUT2D eigenvalue weighted by molar-refractivity contribution is -0.120. The maximum atomic E-state index is 13.6. The van der Waals surface area contributed by atoms with Crippen LogP contribution < -0.4 is 0 Å². The van der Waals surface area contributed by atoms with Gasteiger partial charge in [0.15, 0.2) is 5.78 Å². The van der Waals surface area contributed by atoms with Gasteiger partial charge < -0.3 is 15.3 Å². The monoisotopic (exact) mass is 460 g/mol. The molecular weight excluding hydrogens is 424 g/mol. The summed E-state index contributed by atoms with van der Waals surface area (Å²) in [6, 6.07) is 3.56. The van der Waals surface area contributed by atoms with E-state index in [1.54, 1.807) is 6.07 Å². The zero-order valence-corrected chi connectivity index (χ0v) is 21.3. The second kappa shape index (κ2) is 9.54. The topological polar surface area (TPSA) is 77.8 Å². The lowest BCUT2D eigenvalue weighted by atomic mass is 9.65. The summed E-state index contributed by atoms with van der Waals surface area (Å²) in [6.45, 7) is 14.0. The van der Waals surface area contributed by atoms with Gasteiger partial charge in [-0.15, -0.1) is 0 Å². The van der Waals surface area contributed by atoms with Crippen LogP contribution in [-0.2, 0) is 16.6 Å². The largest absolute Gasteiger partial charge is 0.507 e. The fraction of sp³-hybridized carbons (Fsp3) is 0.367. The molecule has 3 N–H and O–H groups in total. The van der Waals surface area contributed by atoms with E-state index in [1.165, 1.54) is 11.6 Å². The average molecular weight is 461 g/mol. The number of ketones is 1. The number of phenols is 2. The van der Waals surface area contributed by atoms with E-state index in [9.17, 15) is 20.1 Å². The molecule has 4 nitrogen and oxygen atoms in total. The Kier molecular flexibility index (Phi) is 7.11. The summed E-state index contributed by atoms with van der Waals surface area (Å²) in [4.78, 5) is 13.6. The van der Waals surface area contributed by atoms with Crippen molar-refractivity contribution in [1.29, 1.82) is 0 Å². The van der Waals surface area contributed by atoms with Gasteiger partial charge >= 0.3 is 0 Å². The maximum absolute atomic E-state index is 13.6. The van der Waals surface area contributed by atoms with E-state index in [1.807, 2.05) is 66.7 Å². The highest BCUT2D eigenvalue weighted by molar-refractivity contribution is 6.11. The van der Waals surface area contributed by atoms with Crippen LogP contribution in [0.25, 0.3) is 16.5 Å². The van der Waals surface area contributed by atoms with Crippen LogP contribution >= 0.6 is 0 Å². The van der Waals surface area contributed by atoms with Crippen LogP contribution in [0.4, 0.5) is 0 Å². The molecule has 0 heterocycles. The molecule has 1 aliphatic rings. The van der Waals surface area contributed by atoms with Gasteiger partial charge in [-0.1, -0.05) is 34.9 Å². The first-order valence-corrected chi connectivity index (χ1v) is 11.8. The van der Waals surface area contributed by atoms with Gasteiger partial charge in [0.2, 0.25) is 0 Å². The molecule has 0 spiro atoms. The number of carbonyl (C=O) groups is 1. The molecule has 0 atom stereocenters. The van der Waals surface area contributed by atoms with Crippen molar-refractivity contribution >= 4 is 22.3 Å². The van der Waals surface area contributed by atoms with Gasteiger partial charge in [-0.25, -0.2) is 0 Å². The first-order chi connectivity index (χ1) is 15.9. The van der Waals surface area contributed by atoms with Gasteiger partial charge in [0.1, 0.15) is 17.3 Å². The Balaban J connectivity index is 2.49. The molecular formula is C30H36O4. The molecule has 180 valence electrons. The smallest absolute Gasteiger partial charge is 0.170 e. The molecule has 0 unspecified atom stereocenters. The predicted octanol–water partition coefficient (Wildman–Crippen LogP) is 7.50. The van der Waals surface area contributed by atoms with E-state index in [4.69, 9.17) is 0 Å². The lowest BCUT2D eigenvalue weighted by Crippen LogP contribution is -2.37. The van der Waals surface area contributed by atoms with Crippen molar-refractivity contribution in [3.8, 4) is 11.5 Å². The van der Waals surface area contributed by atoms with E-state index in [0.29, 0.717) is 35.6 Å². The van der Waals surface area contributed by atoms with Crippen LogP contribution in [0, 0.1) is 6.92 Å².